The SMILES string of the molecule is CC1(C)c2ccccc2-c2ccc(N(c3ccc(-c4ccccc4)cc3)c3cccc4c3-c3ccccc3C43c4ccccc4-c4c3sc3ccccc43)cc21. The smallest absolute Gasteiger partial charge is 0.0820 e. The van der Waals surface area contributed by atoms with Crippen molar-refractivity contribution in [1.82, 2.24) is 0 Å². The van der Waals surface area contributed by atoms with E-state index in [0.717, 1.165) is 5.69 Å². The first-order chi connectivity index (χ1) is 27.5. The van der Waals surface area contributed by atoms with Gasteiger partial charge in [0.15, 0.2) is 0 Å². The number of anilines is 3. The van der Waals surface area contributed by atoms with Crippen LogP contribution in [0.15, 0.2) is 188 Å². The molecular weight excluding hydrogens is 695 g/mol. The van der Waals surface area contributed by atoms with Crippen molar-refractivity contribution >= 4 is 38.5 Å². The van der Waals surface area contributed by atoms with Crippen molar-refractivity contribution in [3.8, 4) is 44.5 Å². The first-order valence-corrected chi connectivity index (χ1v) is 20.4. The highest BCUT2D eigenvalue weighted by molar-refractivity contribution is 7.20. The normalized spacial score (nSPS) is 16.2. The third kappa shape index (κ3) is 4.09. The average molecular weight is 732 g/mol. The Morgan fingerprint density at radius 3 is 1.75 bits per heavy atom. The van der Waals surface area contributed by atoms with E-state index in [-0.39, 0.29) is 5.41 Å². The molecule has 1 unspecified atom stereocenters. The van der Waals surface area contributed by atoms with E-state index in [2.05, 4.69) is 207 Å². The Balaban J connectivity index is 1.14. The molecular formula is C54H37NS. The van der Waals surface area contributed by atoms with Gasteiger partial charge in [-0.25, -0.2) is 0 Å². The second kappa shape index (κ2) is 11.5. The lowest BCUT2D eigenvalue weighted by molar-refractivity contribution is 0.660. The molecule has 1 heterocycles. The molecule has 12 rings (SSSR count). The summed E-state index contributed by atoms with van der Waals surface area (Å²) in [6.45, 7) is 4.75. The lowest BCUT2D eigenvalue weighted by Gasteiger charge is -2.31. The fourth-order valence-electron chi connectivity index (χ4n) is 10.4. The van der Waals surface area contributed by atoms with Gasteiger partial charge in [0, 0.05) is 42.9 Å². The van der Waals surface area contributed by atoms with Crippen LogP contribution < -0.4 is 4.90 Å². The molecule has 0 saturated heterocycles. The molecule has 1 atom stereocenters. The molecule has 3 aliphatic rings. The molecule has 0 radical (unpaired) electrons. The summed E-state index contributed by atoms with van der Waals surface area (Å²) < 4.78 is 1.34. The van der Waals surface area contributed by atoms with Crippen LogP contribution in [-0.2, 0) is 10.8 Å². The van der Waals surface area contributed by atoms with Gasteiger partial charge in [-0.05, 0) is 97.6 Å². The van der Waals surface area contributed by atoms with Crippen LogP contribution in [-0.4, -0.2) is 0 Å². The van der Waals surface area contributed by atoms with E-state index in [9.17, 15) is 0 Å². The van der Waals surface area contributed by atoms with Crippen LogP contribution in [0.5, 0.6) is 0 Å². The lowest BCUT2D eigenvalue weighted by Crippen LogP contribution is -2.25. The summed E-state index contributed by atoms with van der Waals surface area (Å²) in [5, 5.41) is 1.35. The molecule has 0 fully saturated rings. The van der Waals surface area contributed by atoms with E-state index in [1.54, 1.807) is 0 Å². The zero-order valence-electron chi connectivity index (χ0n) is 31.3. The highest BCUT2D eigenvalue weighted by Crippen LogP contribution is 2.67. The number of rotatable bonds is 4. The quantitative estimate of drug-likeness (QED) is 0.174. The highest BCUT2D eigenvalue weighted by atomic mass is 32.1. The molecule has 8 aromatic carbocycles. The van der Waals surface area contributed by atoms with Gasteiger partial charge in [0.2, 0.25) is 0 Å². The molecule has 0 N–H and O–H groups in total. The number of fused-ring (bicyclic) bond motifs is 15. The third-order valence-electron chi connectivity index (χ3n) is 12.9. The summed E-state index contributed by atoms with van der Waals surface area (Å²) in [5.41, 5.74) is 20.3. The number of hydrogen-bond acceptors (Lipinski definition) is 2. The van der Waals surface area contributed by atoms with Gasteiger partial charge < -0.3 is 4.90 Å². The zero-order chi connectivity index (χ0) is 37.2. The van der Waals surface area contributed by atoms with E-state index in [0.29, 0.717) is 0 Å². The fourth-order valence-corrected chi connectivity index (χ4v) is 11.9. The van der Waals surface area contributed by atoms with E-state index >= 15 is 0 Å². The maximum Gasteiger partial charge on any atom is 0.0820 e. The van der Waals surface area contributed by atoms with Crippen molar-refractivity contribution in [3.63, 3.8) is 0 Å². The molecule has 2 heteroatoms. The van der Waals surface area contributed by atoms with Gasteiger partial charge in [-0.3, -0.25) is 0 Å². The van der Waals surface area contributed by atoms with Gasteiger partial charge in [-0.2, -0.15) is 0 Å². The lowest BCUT2D eigenvalue weighted by atomic mass is 9.74. The summed E-state index contributed by atoms with van der Waals surface area (Å²) in [7, 11) is 0. The van der Waals surface area contributed by atoms with Crippen LogP contribution in [0.3, 0.4) is 0 Å². The number of thiophene rings is 1. The fraction of sp³-hybridized carbons (Fsp3) is 0.0741. The van der Waals surface area contributed by atoms with Gasteiger partial charge >= 0.3 is 0 Å². The second-order valence-electron chi connectivity index (χ2n) is 16.0. The monoisotopic (exact) mass is 731 g/mol. The van der Waals surface area contributed by atoms with E-state index in [4.69, 9.17) is 0 Å². The summed E-state index contributed by atoms with van der Waals surface area (Å²) in [4.78, 5) is 3.95. The Hall–Kier alpha value is -6.48. The molecule has 3 aliphatic carbocycles. The van der Waals surface area contributed by atoms with Gasteiger partial charge in [0.05, 0.1) is 11.1 Å². The van der Waals surface area contributed by atoms with Crippen molar-refractivity contribution in [2.45, 2.75) is 24.7 Å². The van der Waals surface area contributed by atoms with Crippen molar-refractivity contribution in [1.29, 1.82) is 0 Å². The Morgan fingerprint density at radius 2 is 0.982 bits per heavy atom. The Bertz CT molecular complexity index is 3060. The molecule has 56 heavy (non-hydrogen) atoms. The summed E-state index contributed by atoms with van der Waals surface area (Å²) in [6.07, 6.45) is 0. The number of nitrogens with zero attached hydrogens (tertiary/aromatic N) is 1. The minimum absolute atomic E-state index is 0.120. The van der Waals surface area contributed by atoms with Crippen LogP contribution in [0, 0.1) is 0 Å². The molecule has 0 saturated carbocycles. The minimum Gasteiger partial charge on any atom is -0.310 e. The Morgan fingerprint density at radius 1 is 0.411 bits per heavy atom. The van der Waals surface area contributed by atoms with Gasteiger partial charge in [0.1, 0.15) is 0 Å². The third-order valence-corrected chi connectivity index (χ3v) is 14.2. The van der Waals surface area contributed by atoms with Crippen molar-refractivity contribution in [2.24, 2.45) is 0 Å². The molecule has 1 aromatic heterocycles. The van der Waals surface area contributed by atoms with Crippen LogP contribution in [0.1, 0.15) is 46.5 Å². The summed E-state index contributed by atoms with van der Waals surface area (Å²) in [5.74, 6) is 0. The zero-order valence-corrected chi connectivity index (χ0v) is 32.1. The molecule has 0 amide bonds. The Labute approximate surface area is 331 Å². The topological polar surface area (TPSA) is 3.24 Å². The van der Waals surface area contributed by atoms with Crippen molar-refractivity contribution in [2.75, 3.05) is 4.90 Å². The van der Waals surface area contributed by atoms with Crippen LogP contribution in [0.25, 0.3) is 54.6 Å². The van der Waals surface area contributed by atoms with Crippen LogP contribution in [0.4, 0.5) is 17.1 Å². The molecule has 9 aromatic rings. The van der Waals surface area contributed by atoms with E-state index < -0.39 is 5.41 Å². The average Bonchev–Trinajstić information content (AvgIpc) is 3.94. The van der Waals surface area contributed by atoms with Gasteiger partial charge in [0.25, 0.3) is 0 Å². The molecule has 0 aliphatic heterocycles. The minimum atomic E-state index is -0.415. The van der Waals surface area contributed by atoms with Crippen molar-refractivity contribution < 1.29 is 0 Å². The summed E-state index contributed by atoms with van der Waals surface area (Å²) >= 11 is 1.97. The van der Waals surface area contributed by atoms with Crippen LogP contribution >= 0.6 is 11.3 Å². The first-order valence-electron chi connectivity index (χ1n) is 19.6. The standard InChI is InChI=1S/C54H37NS/c1-53(2)43-21-10-6-17-38(43)39-32-31-37(33-47(39)53)55(36-29-27-35(28-30-36)34-15-4-3-5-16-34)48-25-14-24-46-51(48)41-19-8-12-23-45(41)54(46)44-22-11-7-18-40(44)50-42-20-9-13-26-49(42)56-52(50)54/h3-33H,1-2H3. The molecule has 1 spiro atoms. The van der Waals surface area contributed by atoms with E-state index in [1.807, 2.05) is 11.3 Å². The largest absolute Gasteiger partial charge is 0.310 e. The maximum atomic E-state index is 2.52. The predicted molar refractivity (Wildman–Crippen MR) is 236 cm³/mol. The molecule has 1 nitrogen and oxygen atoms in total. The number of benzene rings is 8. The molecule has 264 valence electrons. The summed E-state index contributed by atoms with van der Waals surface area (Å²) in [6, 6.07) is 70.4. The maximum absolute atomic E-state index is 2.52. The van der Waals surface area contributed by atoms with Crippen molar-refractivity contribution in [3.05, 3.63) is 221 Å². The van der Waals surface area contributed by atoms with E-state index in [1.165, 1.54) is 98.7 Å². The Kier molecular flexibility index (Phi) is 6.55. The second-order valence-corrected chi connectivity index (χ2v) is 17.0. The number of hydrogen-bond donors (Lipinski definition) is 0. The van der Waals surface area contributed by atoms with Gasteiger partial charge in [-0.15, -0.1) is 11.3 Å². The highest BCUT2D eigenvalue weighted by Gasteiger charge is 2.54. The first kappa shape index (κ1) is 31.8. The van der Waals surface area contributed by atoms with Gasteiger partial charge in [-0.1, -0.05) is 166 Å². The predicted octanol–water partition coefficient (Wildman–Crippen LogP) is 14.7. The molecule has 0 bridgehead atoms. The van der Waals surface area contributed by atoms with Crippen LogP contribution in [0.2, 0.25) is 0 Å².